The van der Waals surface area contributed by atoms with Gasteiger partial charge < -0.3 is 4.74 Å². The Morgan fingerprint density at radius 2 is 1.85 bits per heavy atom. The van der Waals surface area contributed by atoms with Crippen molar-refractivity contribution < 1.29 is 4.74 Å². The van der Waals surface area contributed by atoms with E-state index in [2.05, 4.69) is 31.4 Å². The fourth-order valence-electron chi connectivity index (χ4n) is 2.58. The minimum absolute atomic E-state index is 0.229. The molecule has 3 N–H and O–H groups in total. The molecule has 0 aliphatic rings. The maximum atomic E-state index is 5.75. The standard InChI is InChI=1S/C17H30N2O/c1-4-7-8-14(5-2)13-17(19-18)15-9-11-16(12-10-15)20-6-3/h9-12,14,17,19H,4-8,13,18H2,1-3H3. The quantitative estimate of drug-likeness (QED) is 0.498. The second-order valence-electron chi connectivity index (χ2n) is 5.37. The highest BCUT2D eigenvalue weighted by molar-refractivity contribution is 5.29. The van der Waals surface area contributed by atoms with E-state index in [4.69, 9.17) is 10.6 Å². The molecule has 0 fully saturated rings. The molecule has 0 aliphatic carbocycles. The SMILES string of the molecule is CCCCC(CC)CC(NN)c1ccc(OCC)cc1. The minimum atomic E-state index is 0.229. The molecule has 0 amide bonds. The number of rotatable bonds is 10. The van der Waals surface area contributed by atoms with Crippen LogP contribution in [0.5, 0.6) is 5.75 Å². The van der Waals surface area contributed by atoms with Crippen LogP contribution in [0.1, 0.15) is 64.5 Å². The Bertz CT molecular complexity index is 351. The molecule has 114 valence electrons. The van der Waals surface area contributed by atoms with Gasteiger partial charge in [0.15, 0.2) is 0 Å². The first kappa shape index (κ1) is 17.0. The van der Waals surface area contributed by atoms with Gasteiger partial charge in [0, 0.05) is 6.04 Å². The first-order valence-corrected chi connectivity index (χ1v) is 7.93. The van der Waals surface area contributed by atoms with E-state index in [0.717, 1.165) is 18.1 Å². The van der Waals surface area contributed by atoms with Crippen LogP contribution in [0.15, 0.2) is 24.3 Å². The average molecular weight is 278 g/mol. The van der Waals surface area contributed by atoms with Gasteiger partial charge in [0.25, 0.3) is 0 Å². The van der Waals surface area contributed by atoms with Crippen LogP contribution in [0.3, 0.4) is 0 Å². The van der Waals surface area contributed by atoms with E-state index < -0.39 is 0 Å². The molecule has 1 aromatic rings. The second kappa shape index (κ2) is 9.78. The van der Waals surface area contributed by atoms with Crippen molar-refractivity contribution in [1.29, 1.82) is 0 Å². The fourth-order valence-corrected chi connectivity index (χ4v) is 2.58. The van der Waals surface area contributed by atoms with E-state index in [9.17, 15) is 0 Å². The highest BCUT2D eigenvalue weighted by Gasteiger charge is 2.15. The summed E-state index contributed by atoms with van der Waals surface area (Å²) < 4.78 is 5.48. The summed E-state index contributed by atoms with van der Waals surface area (Å²) in [7, 11) is 0. The molecule has 0 spiro atoms. The van der Waals surface area contributed by atoms with Crippen LogP contribution < -0.4 is 16.0 Å². The van der Waals surface area contributed by atoms with E-state index in [-0.39, 0.29) is 6.04 Å². The Balaban J connectivity index is 2.64. The molecular weight excluding hydrogens is 248 g/mol. The van der Waals surface area contributed by atoms with Crippen molar-refractivity contribution in [3.8, 4) is 5.75 Å². The molecule has 2 atom stereocenters. The molecule has 0 saturated carbocycles. The van der Waals surface area contributed by atoms with Crippen molar-refractivity contribution in [3.63, 3.8) is 0 Å². The first-order valence-electron chi connectivity index (χ1n) is 7.93. The number of hydrogen-bond acceptors (Lipinski definition) is 3. The Morgan fingerprint density at radius 1 is 1.15 bits per heavy atom. The molecule has 3 nitrogen and oxygen atoms in total. The smallest absolute Gasteiger partial charge is 0.119 e. The number of nitrogens with two attached hydrogens (primary N) is 1. The van der Waals surface area contributed by atoms with Gasteiger partial charge in [0.05, 0.1) is 6.61 Å². The molecular formula is C17H30N2O. The van der Waals surface area contributed by atoms with Gasteiger partial charge in [-0.1, -0.05) is 51.7 Å². The van der Waals surface area contributed by atoms with Gasteiger partial charge in [-0.05, 0) is 37.0 Å². The average Bonchev–Trinajstić information content (AvgIpc) is 2.49. The zero-order chi connectivity index (χ0) is 14.8. The van der Waals surface area contributed by atoms with E-state index in [1.54, 1.807) is 0 Å². The van der Waals surface area contributed by atoms with Crippen molar-refractivity contribution in [1.82, 2.24) is 5.43 Å². The van der Waals surface area contributed by atoms with Gasteiger partial charge in [-0.15, -0.1) is 0 Å². The largest absolute Gasteiger partial charge is 0.494 e. The fraction of sp³-hybridized carbons (Fsp3) is 0.647. The number of hydrogen-bond donors (Lipinski definition) is 2. The van der Waals surface area contributed by atoms with Crippen LogP contribution in [0.25, 0.3) is 0 Å². The lowest BCUT2D eigenvalue weighted by molar-refractivity contribution is 0.339. The van der Waals surface area contributed by atoms with Crippen LogP contribution in [0.4, 0.5) is 0 Å². The molecule has 3 heteroatoms. The second-order valence-corrected chi connectivity index (χ2v) is 5.37. The van der Waals surface area contributed by atoms with Crippen molar-refractivity contribution in [2.75, 3.05) is 6.61 Å². The summed E-state index contributed by atoms with van der Waals surface area (Å²) in [6, 6.07) is 8.50. The van der Waals surface area contributed by atoms with Gasteiger partial charge in [-0.2, -0.15) is 0 Å². The minimum Gasteiger partial charge on any atom is -0.494 e. The highest BCUT2D eigenvalue weighted by Crippen LogP contribution is 2.27. The third-order valence-electron chi connectivity index (χ3n) is 3.91. The van der Waals surface area contributed by atoms with Crippen LogP contribution in [0.2, 0.25) is 0 Å². The molecule has 0 bridgehead atoms. The topological polar surface area (TPSA) is 47.3 Å². The van der Waals surface area contributed by atoms with Gasteiger partial charge in [-0.25, -0.2) is 0 Å². The first-order chi connectivity index (χ1) is 9.74. The Hall–Kier alpha value is -1.06. The van der Waals surface area contributed by atoms with Crippen LogP contribution in [-0.4, -0.2) is 6.61 Å². The van der Waals surface area contributed by atoms with Crippen LogP contribution >= 0.6 is 0 Å². The Labute approximate surface area is 123 Å². The monoisotopic (exact) mass is 278 g/mol. The van der Waals surface area contributed by atoms with Gasteiger partial charge >= 0.3 is 0 Å². The highest BCUT2D eigenvalue weighted by atomic mass is 16.5. The molecule has 20 heavy (non-hydrogen) atoms. The van der Waals surface area contributed by atoms with Crippen molar-refractivity contribution in [2.45, 2.75) is 58.9 Å². The molecule has 2 unspecified atom stereocenters. The summed E-state index contributed by atoms with van der Waals surface area (Å²) in [5.41, 5.74) is 4.21. The maximum Gasteiger partial charge on any atom is 0.119 e. The summed E-state index contributed by atoms with van der Waals surface area (Å²) in [4.78, 5) is 0. The zero-order valence-corrected chi connectivity index (χ0v) is 13.2. The van der Waals surface area contributed by atoms with E-state index in [0.29, 0.717) is 6.61 Å². The van der Waals surface area contributed by atoms with Gasteiger partial charge in [0.1, 0.15) is 5.75 Å². The molecule has 0 heterocycles. The van der Waals surface area contributed by atoms with Crippen LogP contribution in [0, 0.1) is 5.92 Å². The number of hydrazine groups is 1. The lowest BCUT2D eigenvalue weighted by Crippen LogP contribution is -2.29. The maximum absolute atomic E-state index is 5.75. The molecule has 0 radical (unpaired) electrons. The van der Waals surface area contributed by atoms with E-state index >= 15 is 0 Å². The number of ether oxygens (including phenoxy) is 1. The van der Waals surface area contributed by atoms with Crippen molar-refractivity contribution >= 4 is 0 Å². The normalized spacial score (nSPS) is 14.0. The van der Waals surface area contributed by atoms with Gasteiger partial charge in [-0.3, -0.25) is 11.3 Å². The Kier molecular flexibility index (Phi) is 8.31. The summed E-state index contributed by atoms with van der Waals surface area (Å²) in [6.07, 6.45) is 6.18. The lowest BCUT2D eigenvalue weighted by Gasteiger charge is -2.22. The molecule has 0 aliphatic heterocycles. The summed E-state index contributed by atoms with van der Waals surface area (Å²) in [6.45, 7) is 7.22. The van der Waals surface area contributed by atoms with Gasteiger partial charge in [0.2, 0.25) is 0 Å². The summed E-state index contributed by atoms with van der Waals surface area (Å²) >= 11 is 0. The van der Waals surface area contributed by atoms with E-state index in [1.807, 2.05) is 19.1 Å². The van der Waals surface area contributed by atoms with Crippen LogP contribution in [-0.2, 0) is 0 Å². The lowest BCUT2D eigenvalue weighted by atomic mass is 9.89. The summed E-state index contributed by atoms with van der Waals surface area (Å²) in [5.74, 6) is 7.41. The third-order valence-corrected chi connectivity index (χ3v) is 3.91. The zero-order valence-electron chi connectivity index (χ0n) is 13.2. The predicted molar refractivity (Wildman–Crippen MR) is 85.6 cm³/mol. The van der Waals surface area contributed by atoms with Crippen molar-refractivity contribution in [2.24, 2.45) is 11.8 Å². The number of nitrogens with one attached hydrogen (secondary N) is 1. The molecule has 1 rings (SSSR count). The molecule has 1 aromatic carbocycles. The summed E-state index contributed by atoms with van der Waals surface area (Å²) in [5, 5.41) is 0. The third kappa shape index (κ3) is 5.51. The van der Waals surface area contributed by atoms with E-state index in [1.165, 1.54) is 31.2 Å². The number of benzene rings is 1. The Morgan fingerprint density at radius 3 is 2.35 bits per heavy atom. The molecule has 0 aromatic heterocycles. The number of unbranched alkanes of at least 4 members (excludes halogenated alkanes) is 1. The predicted octanol–water partition coefficient (Wildman–Crippen LogP) is 4.20. The van der Waals surface area contributed by atoms with Crippen molar-refractivity contribution in [3.05, 3.63) is 29.8 Å². The molecule has 0 saturated heterocycles.